The van der Waals surface area contributed by atoms with E-state index in [2.05, 4.69) is 52.4 Å². The first-order valence-corrected chi connectivity index (χ1v) is 15.3. The van der Waals surface area contributed by atoms with Gasteiger partial charge in [0.15, 0.2) is 5.60 Å². The van der Waals surface area contributed by atoms with Crippen LogP contribution in [0, 0.1) is 0 Å². The Balaban J connectivity index is 1.11. The molecule has 1 N–H and O–H groups in total. The summed E-state index contributed by atoms with van der Waals surface area (Å²) in [5.74, 6) is 2.55. The van der Waals surface area contributed by atoms with Gasteiger partial charge in [0.2, 0.25) is 0 Å². The fourth-order valence-corrected chi connectivity index (χ4v) is 6.18. The van der Waals surface area contributed by atoms with E-state index >= 15 is 0 Å². The minimum Gasteiger partial charge on any atom is -0.456 e. The third-order valence-electron chi connectivity index (χ3n) is 8.46. The molecular formula is C35H40N4O3. The molecule has 42 heavy (non-hydrogen) atoms. The van der Waals surface area contributed by atoms with Crippen molar-refractivity contribution in [1.82, 2.24) is 15.2 Å². The van der Waals surface area contributed by atoms with Gasteiger partial charge in [0, 0.05) is 49.2 Å². The molecule has 6 rings (SSSR count). The first-order valence-electron chi connectivity index (χ1n) is 15.3. The Hall–Kier alpha value is -4.10. The molecule has 3 heterocycles. The zero-order chi connectivity index (χ0) is 28.8. The maximum atomic E-state index is 13.1. The Labute approximate surface area is 248 Å². The molecule has 0 bridgehead atoms. The summed E-state index contributed by atoms with van der Waals surface area (Å²) in [6, 6.07) is 28.5. The minimum absolute atomic E-state index is 0.381. The lowest BCUT2D eigenvalue weighted by Gasteiger charge is -2.40. The van der Waals surface area contributed by atoms with Gasteiger partial charge >= 0.3 is 6.09 Å². The predicted molar refractivity (Wildman–Crippen MR) is 167 cm³/mol. The van der Waals surface area contributed by atoms with Crippen molar-refractivity contribution in [1.29, 1.82) is 0 Å². The van der Waals surface area contributed by atoms with Crippen molar-refractivity contribution in [3.05, 3.63) is 96.1 Å². The molecule has 2 aliphatic rings. The van der Waals surface area contributed by atoms with Gasteiger partial charge in [-0.15, -0.1) is 0 Å². The van der Waals surface area contributed by atoms with Crippen molar-refractivity contribution in [2.75, 3.05) is 44.2 Å². The van der Waals surface area contributed by atoms with E-state index in [4.69, 9.17) is 14.5 Å². The molecular weight excluding hydrogens is 524 g/mol. The fourth-order valence-electron chi connectivity index (χ4n) is 6.18. The summed E-state index contributed by atoms with van der Waals surface area (Å²) in [4.78, 5) is 22.9. The molecule has 1 aromatic heterocycles. The van der Waals surface area contributed by atoms with Crippen LogP contribution in [-0.2, 0) is 10.3 Å². The summed E-state index contributed by atoms with van der Waals surface area (Å²) in [5.41, 5.74) is 1.96. The number of aromatic nitrogens is 1. The van der Waals surface area contributed by atoms with E-state index in [1.165, 1.54) is 5.39 Å². The highest BCUT2D eigenvalue weighted by atomic mass is 16.6. The van der Waals surface area contributed by atoms with Crippen molar-refractivity contribution < 1.29 is 14.3 Å². The van der Waals surface area contributed by atoms with Crippen LogP contribution in [0.15, 0.2) is 84.9 Å². The second kappa shape index (κ2) is 12.8. The number of amides is 1. The zero-order valence-corrected chi connectivity index (χ0v) is 24.4. The highest BCUT2D eigenvalue weighted by molar-refractivity contribution is 5.80. The maximum absolute atomic E-state index is 13.1. The number of hydrogen-bond acceptors (Lipinski definition) is 6. The van der Waals surface area contributed by atoms with Gasteiger partial charge in [0.1, 0.15) is 17.3 Å². The van der Waals surface area contributed by atoms with Gasteiger partial charge in [-0.2, -0.15) is 0 Å². The number of pyridine rings is 1. The van der Waals surface area contributed by atoms with Crippen LogP contribution in [0.3, 0.4) is 0 Å². The van der Waals surface area contributed by atoms with Crippen molar-refractivity contribution in [3.63, 3.8) is 0 Å². The van der Waals surface area contributed by atoms with Gasteiger partial charge in [-0.25, -0.2) is 9.78 Å². The van der Waals surface area contributed by atoms with E-state index in [-0.39, 0.29) is 6.09 Å². The van der Waals surface area contributed by atoms with Gasteiger partial charge in [-0.3, -0.25) is 4.90 Å². The topological polar surface area (TPSA) is 66.9 Å². The molecule has 3 aromatic carbocycles. The summed E-state index contributed by atoms with van der Waals surface area (Å²) < 4.78 is 12.7. The number of carbonyl (C=O) groups excluding carboxylic acids is 1. The van der Waals surface area contributed by atoms with Crippen molar-refractivity contribution in [3.8, 4) is 11.5 Å². The number of nitrogens with one attached hydrogen (secondary N) is 1. The van der Waals surface area contributed by atoms with E-state index in [1.54, 1.807) is 0 Å². The first-order chi connectivity index (χ1) is 20.7. The maximum Gasteiger partial charge on any atom is 0.408 e. The average molecular weight is 565 g/mol. The smallest absolute Gasteiger partial charge is 0.408 e. The average Bonchev–Trinajstić information content (AvgIpc) is 3.03. The zero-order valence-electron chi connectivity index (χ0n) is 24.4. The van der Waals surface area contributed by atoms with Gasteiger partial charge in [-0.05, 0) is 62.6 Å². The Morgan fingerprint density at radius 1 is 0.857 bits per heavy atom. The van der Waals surface area contributed by atoms with Gasteiger partial charge in [-0.1, -0.05) is 67.9 Å². The normalized spacial score (nSPS) is 15.9. The van der Waals surface area contributed by atoms with Crippen LogP contribution in [-0.4, -0.2) is 55.2 Å². The molecule has 0 spiro atoms. The van der Waals surface area contributed by atoms with Gasteiger partial charge in [0.25, 0.3) is 0 Å². The van der Waals surface area contributed by atoms with Crippen molar-refractivity contribution in [2.24, 2.45) is 0 Å². The number of carbonyl (C=O) groups is 1. The van der Waals surface area contributed by atoms with E-state index in [0.29, 0.717) is 13.0 Å². The summed E-state index contributed by atoms with van der Waals surface area (Å²) in [6.07, 6.45) is 4.17. The Bertz CT molecular complexity index is 1470. The summed E-state index contributed by atoms with van der Waals surface area (Å²) >= 11 is 0. The molecule has 7 heteroatoms. The largest absolute Gasteiger partial charge is 0.456 e. The highest BCUT2D eigenvalue weighted by Gasteiger charge is 2.45. The fraction of sp³-hybridized carbons (Fsp3) is 0.371. The molecule has 0 atom stereocenters. The molecule has 1 amide bonds. The molecule has 0 unspecified atom stereocenters. The summed E-state index contributed by atoms with van der Waals surface area (Å²) in [5, 5.41) is 4.14. The van der Waals surface area contributed by atoms with E-state index in [0.717, 1.165) is 92.4 Å². The number of benzene rings is 3. The van der Waals surface area contributed by atoms with E-state index in [1.807, 2.05) is 54.6 Å². The number of nitrogens with zero attached hydrogens (tertiary/aromatic N) is 3. The van der Waals surface area contributed by atoms with Gasteiger partial charge < -0.3 is 19.7 Å². The third kappa shape index (κ3) is 5.93. The lowest BCUT2D eigenvalue weighted by Crippen LogP contribution is -2.47. The summed E-state index contributed by atoms with van der Waals surface area (Å²) in [7, 11) is 0. The first kappa shape index (κ1) is 28.0. The van der Waals surface area contributed by atoms with Crippen LogP contribution >= 0.6 is 0 Å². The number of ether oxygens (including phenoxy) is 2. The van der Waals surface area contributed by atoms with Crippen LogP contribution in [0.2, 0.25) is 0 Å². The van der Waals surface area contributed by atoms with Crippen LogP contribution in [0.4, 0.5) is 10.6 Å². The quantitative estimate of drug-likeness (QED) is 0.207. The molecule has 0 aliphatic carbocycles. The number of unbranched alkanes of at least 4 members (excludes halogenated alkanes) is 2. The Kier molecular flexibility index (Phi) is 8.56. The molecule has 2 aliphatic heterocycles. The molecule has 0 radical (unpaired) electrons. The van der Waals surface area contributed by atoms with Crippen LogP contribution in [0.5, 0.6) is 11.5 Å². The molecule has 0 saturated carbocycles. The Morgan fingerprint density at radius 3 is 2.29 bits per heavy atom. The number of fused-ring (bicyclic) bond motifs is 3. The molecule has 1 fully saturated rings. The number of hydrogen-bond donors (Lipinski definition) is 1. The van der Waals surface area contributed by atoms with E-state index < -0.39 is 5.60 Å². The number of alkyl carbamates (subject to hydrolysis) is 1. The van der Waals surface area contributed by atoms with Crippen molar-refractivity contribution >= 4 is 22.8 Å². The van der Waals surface area contributed by atoms with E-state index in [9.17, 15) is 4.79 Å². The standard InChI is InChI=1S/C35H40N4O3/c1-2-3-21-36-34(40)42-35(28-13-5-8-16-31(28)41-32-17-9-6-14-29(32)35)20-10-11-22-38-23-25-39(26-24-38)33-19-18-27-12-4-7-15-30(27)37-33/h4-9,12-19H,2-3,10-11,20-26H2,1H3,(H,36,40). The SMILES string of the molecule is CCCCNC(=O)OC1(CCCCN2CCN(c3ccc4ccccc4n3)CC2)c2ccccc2Oc2ccccc21. The van der Waals surface area contributed by atoms with Crippen LogP contribution in [0.25, 0.3) is 10.9 Å². The van der Waals surface area contributed by atoms with Crippen LogP contribution < -0.4 is 15.0 Å². The lowest BCUT2D eigenvalue weighted by atomic mass is 9.79. The molecule has 218 valence electrons. The number of para-hydroxylation sites is 3. The Morgan fingerprint density at radius 2 is 1.55 bits per heavy atom. The predicted octanol–water partition coefficient (Wildman–Crippen LogP) is 7.10. The second-order valence-corrected chi connectivity index (χ2v) is 11.2. The second-order valence-electron chi connectivity index (χ2n) is 11.2. The molecule has 1 saturated heterocycles. The van der Waals surface area contributed by atoms with Crippen molar-refractivity contribution in [2.45, 2.75) is 44.6 Å². The number of piperazine rings is 1. The number of rotatable bonds is 10. The number of anilines is 1. The summed E-state index contributed by atoms with van der Waals surface area (Å²) in [6.45, 7) is 7.68. The third-order valence-corrected chi connectivity index (χ3v) is 8.46. The highest BCUT2D eigenvalue weighted by Crippen LogP contribution is 2.51. The molecule has 7 nitrogen and oxygen atoms in total. The minimum atomic E-state index is -0.901. The monoisotopic (exact) mass is 564 g/mol. The lowest BCUT2D eigenvalue weighted by molar-refractivity contribution is 0.0229. The van der Waals surface area contributed by atoms with Gasteiger partial charge in [0.05, 0.1) is 5.52 Å². The van der Waals surface area contributed by atoms with Crippen LogP contribution in [0.1, 0.15) is 50.2 Å². The molecule has 4 aromatic rings.